The first-order valence-corrected chi connectivity index (χ1v) is 6.41. The first-order valence-electron chi connectivity index (χ1n) is 4.97. The highest BCUT2D eigenvalue weighted by molar-refractivity contribution is 7.87. The molecule has 0 aromatic carbocycles. The third-order valence-corrected chi connectivity index (χ3v) is 4.01. The first kappa shape index (κ1) is 13.4. The second-order valence-electron chi connectivity index (χ2n) is 3.50. The zero-order valence-electron chi connectivity index (χ0n) is 9.05. The number of nitrogens with zero attached hydrogens (tertiary/aromatic N) is 1. The predicted molar refractivity (Wildman–Crippen MR) is 56.2 cm³/mol. The molecule has 1 aliphatic heterocycles. The second-order valence-corrected chi connectivity index (χ2v) is 5.21. The Labute approximate surface area is 94.6 Å². The van der Waals surface area contributed by atoms with E-state index in [1.807, 2.05) is 0 Å². The van der Waals surface area contributed by atoms with Crippen LogP contribution < -0.4 is 4.72 Å². The molecule has 16 heavy (non-hydrogen) atoms. The molecular formula is C8H16N2O5S. The molecule has 0 amide bonds. The molecule has 1 atom stereocenters. The number of carboxylic acid groups (broad SMARTS) is 1. The van der Waals surface area contributed by atoms with E-state index >= 15 is 0 Å². The fourth-order valence-electron chi connectivity index (χ4n) is 1.63. The van der Waals surface area contributed by atoms with Gasteiger partial charge in [0.15, 0.2) is 0 Å². The maximum Gasteiger partial charge on any atom is 0.322 e. The molecule has 0 aromatic rings. The van der Waals surface area contributed by atoms with E-state index in [1.54, 1.807) is 0 Å². The fraction of sp³-hybridized carbons (Fsp3) is 0.875. The third-order valence-electron chi connectivity index (χ3n) is 2.39. The summed E-state index contributed by atoms with van der Waals surface area (Å²) in [5, 5.41) is 8.86. The van der Waals surface area contributed by atoms with Crippen molar-refractivity contribution in [2.75, 3.05) is 26.8 Å². The lowest BCUT2D eigenvalue weighted by atomic mass is 10.2. The Hall–Kier alpha value is -0.700. The minimum atomic E-state index is -3.70. The van der Waals surface area contributed by atoms with Crippen LogP contribution in [0, 0.1) is 0 Å². The van der Waals surface area contributed by atoms with Gasteiger partial charge >= 0.3 is 5.97 Å². The van der Waals surface area contributed by atoms with Crippen LogP contribution in [0.4, 0.5) is 0 Å². The number of carbonyl (C=O) groups is 1. The molecule has 0 bridgehead atoms. The van der Waals surface area contributed by atoms with E-state index < -0.39 is 22.2 Å². The Morgan fingerprint density at radius 3 is 2.88 bits per heavy atom. The topological polar surface area (TPSA) is 95.9 Å². The smallest absolute Gasteiger partial charge is 0.322 e. The molecule has 0 saturated carbocycles. The van der Waals surface area contributed by atoms with Crippen molar-refractivity contribution in [3.8, 4) is 0 Å². The van der Waals surface area contributed by atoms with Crippen molar-refractivity contribution in [2.45, 2.75) is 18.9 Å². The Bertz CT molecular complexity index is 342. The summed E-state index contributed by atoms with van der Waals surface area (Å²) in [6, 6.07) is -0.944. The Kier molecular flexibility index (Phi) is 4.66. The highest BCUT2D eigenvalue weighted by Crippen LogP contribution is 2.20. The molecule has 1 aliphatic rings. The van der Waals surface area contributed by atoms with Crippen molar-refractivity contribution in [1.82, 2.24) is 9.03 Å². The zero-order chi connectivity index (χ0) is 12.2. The Balaban J connectivity index is 2.63. The highest BCUT2D eigenvalue weighted by Gasteiger charge is 2.38. The van der Waals surface area contributed by atoms with Crippen molar-refractivity contribution in [3.63, 3.8) is 0 Å². The summed E-state index contributed by atoms with van der Waals surface area (Å²) in [6.07, 6.45) is 0.933. The molecule has 0 radical (unpaired) electrons. The van der Waals surface area contributed by atoms with Crippen LogP contribution in [0.25, 0.3) is 0 Å². The largest absolute Gasteiger partial charge is 0.480 e. The van der Waals surface area contributed by atoms with Gasteiger partial charge in [0.2, 0.25) is 0 Å². The van der Waals surface area contributed by atoms with Crippen LogP contribution in [0.1, 0.15) is 12.8 Å². The molecule has 1 fully saturated rings. The average Bonchev–Trinajstić information content (AvgIpc) is 2.66. The number of methoxy groups -OCH3 is 1. The van der Waals surface area contributed by atoms with E-state index in [9.17, 15) is 13.2 Å². The van der Waals surface area contributed by atoms with E-state index in [2.05, 4.69) is 4.72 Å². The van der Waals surface area contributed by atoms with Crippen molar-refractivity contribution in [1.29, 1.82) is 0 Å². The fourth-order valence-corrected chi connectivity index (χ4v) is 3.04. The molecule has 0 aromatic heterocycles. The Morgan fingerprint density at radius 1 is 1.62 bits per heavy atom. The summed E-state index contributed by atoms with van der Waals surface area (Å²) in [5.41, 5.74) is 0. The third kappa shape index (κ3) is 3.14. The number of carboxylic acids is 1. The van der Waals surface area contributed by atoms with Gasteiger partial charge in [-0.15, -0.1) is 0 Å². The van der Waals surface area contributed by atoms with Crippen LogP contribution >= 0.6 is 0 Å². The summed E-state index contributed by atoms with van der Waals surface area (Å²) in [5.74, 6) is -1.10. The standard InChI is InChI=1S/C8H16N2O5S/c1-15-6-4-9-16(13,14)10-5-2-3-7(10)8(11)12/h7,9H,2-6H2,1H3,(H,11,12)/t7-/m0/s1. The van der Waals surface area contributed by atoms with E-state index in [-0.39, 0.29) is 19.7 Å². The molecule has 0 unspecified atom stereocenters. The van der Waals surface area contributed by atoms with E-state index in [0.29, 0.717) is 12.8 Å². The van der Waals surface area contributed by atoms with Gasteiger partial charge in [-0.05, 0) is 12.8 Å². The van der Waals surface area contributed by atoms with Gasteiger partial charge in [-0.3, -0.25) is 4.79 Å². The maximum absolute atomic E-state index is 11.7. The SMILES string of the molecule is COCCNS(=O)(=O)N1CCC[C@H]1C(=O)O. The van der Waals surface area contributed by atoms with Crippen molar-refractivity contribution >= 4 is 16.2 Å². The molecule has 7 nitrogen and oxygen atoms in total. The minimum absolute atomic E-state index is 0.141. The summed E-state index contributed by atoms with van der Waals surface area (Å²) < 4.78 is 31.4. The zero-order valence-corrected chi connectivity index (χ0v) is 9.87. The summed E-state index contributed by atoms with van der Waals surface area (Å²) in [7, 11) is -2.24. The van der Waals surface area contributed by atoms with E-state index in [1.165, 1.54) is 7.11 Å². The van der Waals surface area contributed by atoms with Crippen LogP contribution in [-0.2, 0) is 19.7 Å². The maximum atomic E-state index is 11.7. The van der Waals surface area contributed by atoms with Crippen LogP contribution in [-0.4, -0.2) is 56.6 Å². The molecule has 1 saturated heterocycles. The minimum Gasteiger partial charge on any atom is -0.480 e. The van der Waals surface area contributed by atoms with Crippen molar-refractivity contribution < 1.29 is 23.1 Å². The number of aliphatic carboxylic acids is 1. The van der Waals surface area contributed by atoms with Gasteiger partial charge in [0, 0.05) is 20.2 Å². The highest BCUT2D eigenvalue weighted by atomic mass is 32.2. The molecule has 1 rings (SSSR count). The molecule has 94 valence electrons. The monoisotopic (exact) mass is 252 g/mol. The average molecular weight is 252 g/mol. The van der Waals surface area contributed by atoms with Crippen molar-refractivity contribution in [2.24, 2.45) is 0 Å². The van der Waals surface area contributed by atoms with Gasteiger partial charge in [-0.2, -0.15) is 17.4 Å². The van der Waals surface area contributed by atoms with E-state index in [4.69, 9.17) is 9.84 Å². The number of nitrogens with one attached hydrogen (secondary N) is 1. The van der Waals surface area contributed by atoms with Gasteiger partial charge in [-0.25, -0.2) is 0 Å². The molecular weight excluding hydrogens is 236 g/mol. The molecule has 8 heteroatoms. The predicted octanol–water partition coefficient (Wildman–Crippen LogP) is -0.984. The van der Waals surface area contributed by atoms with Crippen LogP contribution in [0.15, 0.2) is 0 Å². The van der Waals surface area contributed by atoms with Gasteiger partial charge < -0.3 is 9.84 Å². The number of rotatable bonds is 6. The number of hydrogen-bond acceptors (Lipinski definition) is 4. The summed E-state index contributed by atoms with van der Waals surface area (Å²) in [4.78, 5) is 10.8. The van der Waals surface area contributed by atoms with Gasteiger partial charge in [0.05, 0.1) is 6.61 Å². The lowest BCUT2D eigenvalue weighted by molar-refractivity contribution is -0.140. The Morgan fingerprint density at radius 2 is 2.31 bits per heavy atom. The number of hydrogen-bond donors (Lipinski definition) is 2. The summed E-state index contributed by atoms with van der Waals surface area (Å²) in [6.45, 7) is 0.645. The lowest BCUT2D eigenvalue weighted by Gasteiger charge is -2.20. The molecule has 1 heterocycles. The van der Waals surface area contributed by atoms with E-state index in [0.717, 1.165) is 4.31 Å². The van der Waals surface area contributed by atoms with Gasteiger partial charge in [0.25, 0.3) is 10.2 Å². The van der Waals surface area contributed by atoms with Crippen LogP contribution in [0.5, 0.6) is 0 Å². The normalized spacial score (nSPS) is 22.4. The molecule has 2 N–H and O–H groups in total. The molecule has 0 spiro atoms. The molecule has 0 aliphatic carbocycles. The lowest BCUT2D eigenvalue weighted by Crippen LogP contribution is -2.47. The van der Waals surface area contributed by atoms with Crippen LogP contribution in [0.2, 0.25) is 0 Å². The van der Waals surface area contributed by atoms with Gasteiger partial charge in [0.1, 0.15) is 6.04 Å². The summed E-state index contributed by atoms with van der Waals surface area (Å²) >= 11 is 0. The van der Waals surface area contributed by atoms with Crippen molar-refractivity contribution in [3.05, 3.63) is 0 Å². The number of ether oxygens (including phenoxy) is 1. The first-order chi connectivity index (χ1) is 7.49. The quantitative estimate of drug-likeness (QED) is 0.592. The van der Waals surface area contributed by atoms with Crippen LogP contribution in [0.3, 0.4) is 0 Å². The second kappa shape index (κ2) is 5.58. The van der Waals surface area contributed by atoms with Gasteiger partial charge in [-0.1, -0.05) is 0 Å².